The summed E-state index contributed by atoms with van der Waals surface area (Å²) in [4.78, 5) is 11.2. The van der Waals surface area contributed by atoms with E-state index in [0.29, 0.717) is 6.42 Å². The summed E-state index contributed by atoms with van der Waals surface area (Å²) in [6.07, 6.45) is 0.564. The molecule has 4 heteroatoms. The number of halogens is 3. The second-order valence-corrected chi connectivity index (χ2v) is 4.43. The number of hydrogen-bond acceptors (Lipinski definition) is 1. The number of aryl methyl sites for hydroxylation is 1. The standard InChI is InChI=1S/C11H11BrF2O/c1-3-8(12)11(15)7-4-6(2)9(13)5-10(7)14/h4-5,8H,3H2,1-2H3. The highest BCUT2D eigenvalue weighted by Gasteiger charge is 2.19. The molecule has 1 atom stereocenters. The van der Waals surface area contributed by atoms with Crippen LogP contribution in [0, 0.1) is 18.6 Å². The topological polar surface area (TPSA) is 17.1 Å². The maximum atomic E-state index is 13.3. The molecule has 0 saturated carbocycles. The Hall–Kier alpha value is -0.770. The molecule has 1 aromatic rings. The minimum atomic E-state index is -0.805. The summed E-state index contributed by atoms with van der Waals surface area (Å²) in [5.41, 5.74) is 0.216. The minimum Gasteiger partial charge on any atom is -0.293 e. The number of carbonyl (C=O) groups excluding carboxylic acids is 1. The van der Waals surface area contributed by atoms with Crippen molar-refractivity contribution in [2.75, 3.05) is 0 Å². The van der Waals surface area contributed by atoms with Crippen molar-refractivity contribution in [3.63, 3.8) is 0 Å². The summed E-state index contributed by atoms with van der Waals surface area (Å²) in [6, 6.07) is 1.99. The van der Waals surface area contributed by atoms with Gasteiger partial charge in [-0.1, -0.05) is 22.9 Å². The predicted octanol–water partition coefficient (Wildman–Crippen LogP) is 3.63. The van der Waals surface area contributed by atoms with Gasteiger partial charge in [0.1, 0.15) is 11.6 Å². The Balaban J connectivity index is 3.15. The zero-order valence-electron chi connectivity index (χ0n) is 8.48. The van der Waals surface area contributed by atoms with Gasteiger partial charge in [-0.15, -0.1) is 0 Å². The zero-order valence-corrected chi connectivity index (χ0v) is 10.1. The number of ketones is 1. The molecule has 0 spiro atoms. The van der Waals surface area contributed by atoms with E-state index in [-0.39, 0.29) is 16.9 Å². The molecule has 1 nitrogen and oxygen atoms in total. The van der Waals surface area contributed by atoms with Gasteiger partial charge in [-0.3, -0.25) is 4.79 Å². The molecular formula is C11H11BrF2O. The first-order chi connectivity index (χ1) is 6.97. The Morgan fingerprint density at radius 2 is 2.00 bits per heavy atom. The van der Waals surface area contributed by atoms with Crippen LogP contribution in [0.4, 0.5) is 8.78 Å². The van der Waals surface area contributed by atoms with Crippen LogP contribution in [0.15, 0.2) is 12.1 Å². The minimum absolute atomic E-state index is 0.0578. The first-order valence-corrected chi connectivity index (χ1v) is 5.52. The van der Waals surface area contributed by atoms with E-state index in [0.717, 1.165) is 6.07 Å². The highest BCUT2D eigenvalue weighted by atomic mass is 79.9. The molecule has 1 rings (SSSR count). The molecule has 0 radical (unpaired) electrons. The molecule has 1 unspecified atom stereocenters. The molecular weight excluding hydrogens is 266 g/mol. The Morgan fingerprint density at radius 3 is 2.53 bits per heavy atom. The first kappa shape index (κ1) is 12.3. The van der Waals surface area contributed by atoms with Crippen molar-refractivity contribution in [2.24, 2.45) is 0 Å². The normalized spacial score (nSPS) is 12.6. The van der Waals surface area contributed by atoms with Crippen LogP contribution in [0.1, 0.15) is 29.3 Å². The van der Waals surface area contributed by atoms with Gasteiger partial charge in [0.2, 0.25) is 0 Å². The van der Waals surface area contributed by atoms with Gasteiger partial charge < -0.3 is 0 Å². The molecule has 0 amide bonds. The van der Waals surface area contributed by atoms with Crippen molar-refractivity contribution < 1.29 is 13.6 Å². The van der Waals surface area contributed by atoms with Gasteiger partial charge in [-0.2, -0.15) is 0 Å². The van der Waals surface area contributed by atoms with Crippen LogP contribution in [0.25, 0.3) is 0 Å². The molecule has 0 aliphatic heterocycles. The smallest absolute Gasteiger partial charge is 0.179 e. The summed E-state index contributed by atoms with van der Waals surface area (Å²) >= 11 is 3.15. The second kappa shape index (κ2) is 4.84. The highest BCUT2D eigenvalue weighted by Crippen LogP contribution is 2.19. The van der Waals surface area contributed by atoms with Gasteiger partial charge in [0.05, 0.1) is 10.4 Å². The zero-order chi connectivity index (χ0) is 11.6. The van der Waals surface area contributed by atoms with Crippen LogP contribution >= 0.6 is 15.9 Å². The molecule has 0 heterocycles. The van der Waals surface area contributed by atoms with Crippen molar-refractivity contribution in [1.82, 2.24) is 0 Å². The van der Waals surface area contributed by atoms with Gasteiger partial charge >= 0.3 is 0 Å². The van der Waals surface area contributed by atoms with E-state index >= 15 is 0 Å². The third-order valence-corrected chi connectivity index (χ3v) is 3.22. The second-order valence-electron chi connectivity index (χ2n) is 3.32. The number of hydrogen-bond donors (Lipinski definition) is 0. The summed E-state index contributed by atoms with van der Waals surface area (Å²) < 4.78 is 26.2. The lowest BCUT2D eigenvalue weighted by Gasteiger charge is -2.08. The lowest BCUT2D eigenvalue weighted by atomic mass is 10.0. The largest absolute Gasteiger partial charge is 0.293 e. The quantitative estimate of drug-likeness (QED) is 0.609. The van der Waals surface area contributed by atoms with Crippen LogP contribution in [0.5, 0.6) is 0 Å². The number of benzene rings is 1. The van der Waals surface area contributed by atoms with Crippen molar-refractivity contribution in [3.05, 3.63) is 34.9 Å². The van der Waals surface area contributed by atoms with E-state index < -0.39 is 16.5 Å². The predicted molar refractivity (Wildman–Crippen MR) is 58.4 cm³/mol. The summed E-state index contributed by atoms with van der Waals surface area (Å²) in [5.74, 6) is -1.79. The van der Waals surface area contributed by atoms with Crippen molar-refractivity contribution in [1.29, 1.82) is 0 Å². The van der Waals surface area contributed by atoms with Crippen LogP contribution in [0.3, 0.4) is 0 Å². The fourth-order valence-corrected chi connectivity index (χ4v) is 1.45. The van der Waals surface area contributed by atoms with Crippen LogP contribution in [0.2, 0.25) is 0 Å². The monoisotopic (exact) mass is 276 g/mol. The molecule has 0 aliphatic rings. The Kier molecular flexibility index (Phi) is 3.97. The van der Waals surface area contributed by atoms with Gasteiger partial charge in [-0.05, 0) is 25.0 Å². The van der Waals surface area contributed by atoms with Crippen LogP contribution in [-0.4, -0.2) is 10.6 Å². The highest BCUT2D eigenvalue weighted by molar-refractivity contribution is 9.10. The number of alkyl halides is 1. The Bertz CT molecular complexity index is 390. The number of rotatable bonds is 3. The van der Waals surface area contributed by atoms with Gasteiger partial charge in [0, 0.05) is 6.07 Å². The maximum Gasteiger partial charge on any atom is 0.179 e. The number of carbonyl (C=O) groups is 1. The molecule has 0 saturated heterocycles. The molecule has 0 aromatic heterocycles. The van der Waals surface area contributed by atoms with Gasteiger partial charge in [-0.25, -0.2) is 8.78 Å². The van der Waals surface area contributed by atoms with Crippen molar-refractivity contribution >= 4 is 21.7 Å². The van der Waals surface area contributed by atoms with Crippen LogP contribution < -0.4 is 0 Å². The average Bonchev–Trinajstić information content (AvgIpc) is 2.21. The molecule has 0 fully saturated rings. The van der Waals surface area contributed by atoms with E-state index in [2.05, 4.69) is 15.9 Å². The molecule has 1 aromatic carbocycles. The summed E-state index contributed by atoms with van der Waals surface area (Å²) in [5, 5.41) is 0. The molecule has 15 heavy (non-hydrogen) atoms. The van der Waals surface area contributed by atoms with Gasteiger partial charge in [0.15, 0.2) is 5.78 Å². The fourth-order valence-electron chi connectivity index (χ4n) is 1.20. The van der Waals surface area contributed by atoms with E-state index in [1.165, 1.54) is 13.0 Å². The van der Waals surface area contributed by atoms with Crippen LogP contribution in [-0.2, 0) is 0 Å². The van der Waals surface area contributed by atoms with E-state index in [9.17, 15) is 13.6 Å². The van der Waals surface area contributed by atoms with Crippen molar-refractivity contribution in [2.45, 2.75) is 25.1 Å². The molecule has 82 valence electrons. The summed E-state index contributed by atoms with van der Waals surface area (Å²) in [7, 11) is 0. The third kappa shape index (κ3) is 2.62. The Morgan fingerprint density at radius 1 is 1.40 bits per heavy atom. The fraction of sp³-hybridized carbons (Fsp3) is 0.364. The molecule has 0 bridgehead atoms. The van der Waals surface area contributed by atoms with Gasteiger partial charge in [0.25, 0.3) is 0 Å². The SMILES string of the molecule is CCC(Br)C(=O)c1cc(C)c(F)cc1F. The number of Topliss-reactive ketones (excluding diaryl/α,β-unsaturated/α-hetero) is 1. The van der Waals surface area contributed by atoms with E-state index in [1.54, 1.807) is 0 Å². The van der Waals surface area contributed by atoms with E-state index in [4.69, 9.17) is 0 Å². The third-order valence-electron chi connectivity index (χ3n) is 2.16. The summed E-state index contributed by atoms with van der Waals surface area (Å²) in [6.45, 7) is 3.31. The lowest BCUT2D eigenvalue weighted by molar-refractivity contribution is 0.0986. The van der Waals surface area contributed by atoms with E-state index in [1.807, 2.05) is 6.92 Å². The molecule has 0 N–H and O–H groups in total. The first-order valence-electron chi connectivity index (χ1n) is 4.61. The molecule has 0 aliphatic carbocycles. The maximum absolute atomic E-state index is 13.3. The Labute approximate surface area is 95.6 Å². The van der Waals surface area contributed by atoms with Crippen molar-refractivity contribution in [3.8, 4) is 0 Å². The average molecular weight is 277 g/mol. The lowest BCUT2D eigenvalue weighted by Crippen LogP contribution is -2.15.